The maximum atomic E-state index is 5.49. The average molecular weight is 841 g/mol. The summed E-state index contributed by atoms with van der Waals surface area (Å²) in [5.74, 6) is 0.703. The highest BCUT2D eigenvalue weighted by atomic mass is 14.9. The van der Waals surface area contributed by atoms with E-state index in [4.69, 9.17) is 9.97 Å². The summed E-state index contributed by atoms with van der Waals surface area (Å²) in [5.41, 5.74) is 19.7. The van der Waals surface area contributed by atoms with Crippen LogP contribution in [0.15, 0.2) is 231 Å². The maximum Gasteiger partial charge on any atom is 0.161 e. The summed E-state index contributed by atoms with van der Waals surface area (Å²) in [6.07, 6.45) is 0. The van der Waals surface area contributed by atoms with Gasteiger partial charge in [-0.2, -0.15) is 0 Å². The van der Waals surface area contributed by atoms with Crippen LogP contribution in [0.1, 0.15) is 47.2 Å². The standard InChI is InChI=1S/C64H44N2/c1-63(2)56-34-30-44(37-54(56)55-36-42-20-12-13-21-43(42)39-59(55)63)48-32-33-52(50-27-15-14-26-49(48)50)62-65-60(41-18-6-3-7-19-41)40-61(66-62)45-31-35-58-53(38-45)51-28-16-17-29-57(51)64(58,46-22-8-4-9-23-46)47-24-10-5-11-25-47/h3-40H,1-2H3. The van der Waals surface area contributed by atoms with Crippen molar-refractivity contribution in [3.8, 4) is 67.3 Å². The average Bonchev–Trinajstić information content (AvgIpc) is 3.80. The molecule has 1 heterocycles. The van der Waals surface area contributed by atoms with Crippen molar-refractivity contribution >= 4 is 21.5 Å². The third-order valence-corrected chi connectivity index (χ3v) is 14.6. The molecule has 0 unspecified atom stereocenters. The van der Waals surface area contributed by atoms with Crippen LogP contribution >= 0.6 is 0 Å². The van der Waals surface area contributed by atoms with Crippen LogP contribution in [0, 0.1) is 0 Å². The topological polar surface area (TPSA) is 25.8 Å². The first-order valence-corrected chi connectivity index (χ1v) is 23.0. The molecule has 310 valence electrons. The van der Waals surface area contributed by atoms with Crippen LogP contribution in [-0.2, 0) is 10.8 Å². The van der Waals surface area contributed by atoms with Gasteiger partial charge >= 0.3 is 0 Å². The van der Waals surface area contributed by atoms with E-state index in [0.717, 1.165) is 33.5 Å². The SMILES string of the molecule is CC1(C)c2ccc(-c3ccc(-c4nc(-c5ccccc5)cc(-c5ccc6c(c5)-c5ccccc5C6(c5ccccc5)c5ccccc5)n4)c4ccccc34)cc2-c2cc3ccccc3cc21. The Morgan fingerprint density at radius 1 is 0.303 bits per heavy atom. The summed E-state index contributed by atoms with van der Waals surface area (Å²) in [7, 11) is 0. The molecule has 10 aromatic carbocycles. The minimum absolute atomic E-state index is 0.0902. The second-order valence-electron chi connectivity index (χ2n) is 18.5. The van der Waals surface area contributed by atoms with Gasteiger partial charge in [0.1, 0.15) is 0 Å². The van der Waals surface area contributed by atoms with Crippen LogP contribution in [0.5, 0.6) is 0 Å². The fourth-order valence-corrected chi connectivity index (χ4v) is 11.4. The lowest BCUT2D eigenvalue weighted by Crippen LogP contribution is -2.28. The Labute approximate surface area is 385 Å². The number of hydrogen-bond acceptors (Lipinski definition) is 2. The van der Waals surface area contributed by atoms with Crippen LogP contribution in [0.25, 0.3) is 88.8 Å². The number of rotatable bonds is 6. The molecule has 11 aromatic rings. The van der Waals surface area contributed by atoms with Crippen molar-refractivity contribution in [3.63, 3.8) is 0 Å². The van der Waals surface area contributed by atoms with Crippen molar-refractivity contribution < 1.29 is 0 Å². The third-order valence-electron chi connectivity index (χ3n) is 14.6. The van der Waals surface area contributed by atoms with Crippen molar-refractivity contribution in [3.05, 3.63) is 264 Å². The Balaban J connectivity index is 0.974. The molecular weight excluding hydrogens is 797 g/mol. The summed E-state index contributed by atoms with van der Waals surface area (Å²) in [4.78, 5) is 10.9. The number of fused-ring (bicyclic) bond motifs is 8. The number of nitrogens with zero attached hydrogens (tertiary/aromatic N) is 2. The molecule has 13 rings (SSSR count). The highest BCUT2D eigenvalue weighted by molar-refractivity contribution is 6.05. The minimum Gasteiger partial charge on any atom is -0.228 e. The second kappa shape index (κ2) is 14.7. The molecule has 0 amide bonds. The largest absolute Gasteiger partial charge is 0.228 e. The van der Waals surface area contributed by atoms with E-state index >= 15 is 0 Å². The zero-order chi connectivity index (χ0) is 44.0. The summed E-state index contributed by atoms with van der Waals surface area (Å²) in [5, 5.41) is 4.86. The Morgan fingerprint density at radius 2 is 0.803 bits per heavy atom. The van der Waals surface area contributed by atoms with E-state index < -0.39 is 5.41 Å². The molecule has 0 radical (unpaired) electrons. The van der Waals surface area contributed by atoms with Crippen molar-refractivity contribution in [2.45, 2.75) is 24.7 Å². The zero-order valence-corrected chi connectivity index (χ0v) is 36.8. The fourth-order valence-electron chi connectivity index (χ4n) is 11.4. The summed E-state index contributed by atoms with van der Waals surface area (Å²) >= 11 is 0. The van der Waals surface area contributed by atoms with E-state index in [1.807, 2.05) is 0 Å². The van der Waals surface area contributed by atoms with Gasteiger partial charge in [0.05, 0.1) is 16.8 Å². The van der Waals surface area contributed by atoms with Gasteiger partial charge in [0.25, 0.3) is 0 Å². The first-order valence-electron chi connectivity index (χ1n) is 23.0. The predicted octanol–water partition coefficient (Wildman–Crippen LogP) is 16.1. The van der Waals surface area contributed by atoms with Crippen molar-refractivity contribution in [2.75, 3.05) is 0 Å². The molecule has 1 aromatic heterocycles. The van der Waals surface area contributed by atoms with E-state index in [9.17, 15) is 0 Å². The van der Waals surface area contributed by atoms with Gasteiger partial charge in [-0.3, -0.25) is 0 Å². The van der Waals surface area contributed by atoms with Gasteiger partial charge in [-0.1, -0.05) is 208 Å². The van der Waals surface area contributed by atoms with E-state index in [1.165, 1.54) is 82.9 Å². The molecule has 2 nitrogen and oxygen atoms in total. The van der Waals surface area contributed by atoms with Gasteiger partial charge in [-0.05, 0) is 125 Å². The van der Waals surface area contributed by atoms with Crippen LogP contribution < -0.4 is 0 Å². The lowest BCUT2D eigenvalue weighted by molar-refractivity contribution is 0.661. The van der Waals surface area contributed by atoms with Crippen LogP contribution in [-0.4, -0.2) is 9.97 Å². The quantitative estimate of drug-likeness (QED) is 0.167. The molecule has 2 aliphatic carbocycles. The highest BCUT2D eigenvalue weighted by Crippen LogP contribution is 2.57. The second-order valence-corrected chi connectivity index (χ2v) is 18.5. The summed E-state index contributed by atoms with van der Waals surface area (Å²) < 4.78 is 0. The highest BCUT2D eigenvalue weighted by Gasteiger charge is 2.46. The van der Waals surface area contributed by atoms with Gasteiger partial charge in [0.15, 0.2) is 5.82 Å². The molecule has 2 aliphatic rings. The van der Waals surface area contributed by atoms with Gasteiger partial charge in [-0.25, -0.2) is 9.97 Å². The molecule has 0 aliphatic heterocycles. The van der Waals surface area contributed by atoms with Gasteiger partial charge < -0.3 is 0 Å². The fraction of sp³-hybridized carbons (Fsp3) is 0.0625. The molecule has 0 bridgehead atoms. The van der Waals surface area contributed by atoms with Crippen LogP contribution in [0.4, 0.5) is 0 Å². The van der Waals surface area contributed by atoms with E-state index in [-0.39, 0.29) is 5.41 Å². The first kappa shape index (κ1) is 38.3. The normalized spacial score (nSPS) is 13.8. The smallest absolute Gasteiger partial charge is 0.161 e. The van der Waals surface area contributed by atoms with Gasteiger partial charge in [0, 0.05) is 22.1 Å². The first-order chi connectivity index (χ1) is 32.5. The van der Waals surface area contributed by atoms with Crippen molar-refractivity contribution in [1.82, 2.24) is 9.97 Å². The molecular formula is C64H44N2. The zero-order valence-electron chi connectivity index (χ0n) is 36.8. The monoisotopic (exact) mass is 840 g/mol. The Hall–Kier alpha value is -8.20. The molecule has 0 spiro atoms. The van der Waals surface area contributed by atoms with E-state index in [0.29, 0.717) is 5.82 Å². The predicted molar refractivity (Wildman–Crippen MR) is 274 cm³/mol. The van der Waals surface area contributed by atoms with Gasteiger partial charge in [0.2, 0.25) is 0 Å². The Kier molecular flexibility index (Phi) is 8.51. The molecule has 0 saturated carbocycles. The number of hydrogen-bond donors (Lipinski definition) is 0. The Morgan fingerprint density at radius 3 is 1.53 bits per heavy atom. The lowest BCUT2D eigenvalue weighted by atomic mass is 9.67. The summed E-state index contributed by atoms with van der Waals surface area (Å²) in [6, 6.07) is 84.4. The van der Waals surface area contributed by atoms with Crippen LogP contribution in [0.3, 0.4) is 0 Å². The van der Waals surface area contributed by atoms with E-state index in [2.05, 4.69) is 244 Å². The third kappa shape index (κ3) is 5.68. The Bertz CT molecular complexity index is 3680. The maximum absolute atomic E-state index is 5.49. The number of benzene rings is 10. The van der Waals surface area contributed by atoms with Crippen molar-refractivity contribution in [2.24, 2.45) is 0 Å². The number of aromatic nitrogens is 2. The molecule has 0 atom stereocenters. The summed E-state index contributed by atoms with van der Waals surface area (Å²) in [6.45, 7) is 4.72. The van der Waals surface area contributed by atoms with E-state index in [1.54, 1.807) is 0 Å². The molecule has 0 fully saturated rings. The van der Waals surface area contributed by atoms with Crippen molar-refractivity contribution in [1.29, 1.82) is 0 Å². The molecule has 2 heteroatoms. The molecule has 0 saturated heterocycles. The van der Waals surface area contributed by atoms with Gasteiger partial charge in [-0.15, -0.1) is 0 Å². The van der Waals surface area contributed by atoms with Crippen LogP contribution in [0.2, 0.25) is 0 Å². The lowest BCUT2D eigenvalue weighted by Gasteiger charge is -2.33. The molecule has 0 N–H and O–H groups in total. The minimum atomic E-state index is -0.466. The molecule has 66 heavy (non-hydrogen) atoms.